The number of hydrogen-bond acceptors (Lipinski definition) is 2. The Morgan fingerprint density at radius 1 is 1.20 bits per heavy atom. The lowest BCUT2D eigenvalue weighted by atomic mass is 10.1. The van der Waals surface area contributed by atoms with Crippen LogP contribution in [-0.2, 0) is 0 Å². The second-order valence-corrected chi connectivity index (χ2v) is 5.97. The lowest BCUT2D eigenvalue weighted by Crippen LogP contribution is -2.12. The molecule has 2 nitrogen and oxygen atoms in total. The Morgan fingerprint density at radius 3 is 2.55 bits per heavy atom. The molecule has 0 saturated carbocycles. The smallest absolute Gasteiger partial charge is 0.146 e. The summed E-state index contributed by atoms with van der Waals surface area (Å²) < 4.78 is 6.90. The zero-order chi connectivity index (χ0) is 14.7. The topological polar surface area (TPSA) is 21.3 Å². The summed E-state index contributed by atoms with van der Waals surface area (Å²) in [4.78, 5) is 0. The number of hydrogen-bond donors (Lipinski definition) is 1. The van der Waals surface area contributed by atoms with Crippen molar-refractivity contribution >= 4 is 27.5 Å². The number of rotatable bonds is 4. The van der Waals surface area contributed by atoms with Crippen LogP contribution in [0.3, 0.4) is 0 Å². The van der Waals surface area contributed by atoms with E-state index in [-0.39, 0.29) is 6.04 Å². The molecule has 0 aromatic heterocycles. The summed E-state index contributed by atoms with van der Waals surface area (Å²) in [7, 11) is 1.92. The minimum Gasteiger partial charge on any atom is -0.456 e. The maximum atomic E-state index is 6.29. The molecule has 2 aromatic carbocycles. The molecule has 1 atom stereocenters. The molecule has 2 rings (SSSR count). The third-order valence-corrected chi connectivity index (χ3v) is 4.43. The summed E-state index contributed by atoms with van der Waals surface area (Å²) in [6.07, 6.45) is 0. The van der Waals surface area contributed by atoms with E-state index in [1.807, 2.05) is 50.4 Å². The molecule has 0 heterocycles. The Kier molecular flexibility index (Phi) is 5.08. The molecule has 0 amide bonds. The van der Waals surface area contributed by atoms with Crippen molar-refractivity contribution in [2.45, 2.75) is 19.9 Å². The molecular formula is C16H17BrClNO. The Morgan fingerprint density at radius 2 is 1.95 bits per heavy atom. The maximum Gasteiger partial charge on any atom is 0.146 e. The summed E-state index contributed by atoms with van der Waals surface area (Å²) in [6.45, 7) is 4.11. The molecule has 1 unspecified atom stereocenters. The highest BCUT2D eigenvalue weighted by Crippen LogP contribution is 2.32. The summed E-state index contributed by atoms with van der Waals surface area (Å²) in [5.41, 5.74) is 2.26. The van der Waals surface area contributed by atoms with Gasteiger partial charge in [0.1, 0.15) is 11.5 Å². The van der Waals surface area contributed by atoms with Crippen molar-refractivity contribution in [1.82, 2.24) is 5.32 Å². The van der Waals surface area contributed by atoms with Crippen LogP contribution in [0.1, 0.15) is 24.1 Å². The molecule has 1 N–H and O–H groups in total. The molecule has 0 saturated heterocycles. The fourth-order valence-electron chi connectivity index (χ4n) is 1.84. The third kappa shape index (κ3) is 3.54. The molecule has 0 fully saturated rings. The van der Waals surface area contributed by atoms with E-state index < -0.39 is 0 Å². The van der Waals surface area contributed by atoms with Crippen molar-refractivity contribution in [3.63, 3.8) is 0 Å². The lowest BCUT2D eigenvalue weighted by Gasteiger charge is -2.13. The zero-order valence-corrected chi connectivity index (χ0v) is 14.0. The van der Waals surface area contributed by atoms with Crippen molar-refractivity contribution in [3.05, 3.63) is 57.0 Å². The zero-order valence-electron chi connectivity index (χ0n) is 11.7. The van der Waals surface area contributed by atoms with Gasteiger partial charge in [-0.15, -0.1) is 0 Å². The fraction of sp³-hybridized carbons (Fsp3) is 0.250. The SMILES string of the molecule is CNC(C)c1ccc(Oc2ccc(Br)c(C)c2)c(Cl)c1. The van der Waals surface area contributed by atoms with Gasteiger partial charge in [0.25, 0.3) is 0 Å². The van der Waals surface area contributed by atoms with Gasteiger partial charge in [0.05, 0.1) is 5.02 Å². The molecule has 0 aliphatic rings. The maximum absolute atomic E-state index is 6.29. The highest BCUT2D eigenvalue weighted by atomic mass is 79.9. The standard InChI is InChI=1S/C16H17BrClNO/c1-10-8-13(5-6-14(10)17)20-16-7-4-12(9-15(16)18)11(2)19-3/h4-9,11,19H,1-3H3. The fourth-order valence-corrected chi connectivity index (χ4v) is 2.32. The molecule has 106 valence electrons. The van der Waals surface area contributed by atoms with Crippen molar-refractivity contribution in [2.75, 3.05) is 7.05 Å². The normalized spacial score (nSPS) is 12.2. The number of aryl methyl sites for hydroxylation is 1. The van der Waals surface area contributed by atoms with Gasteiger partial charge < -0.3 is 10.1 Å². The second-order valence-electron chi connectivity index (χ2n) is 4.71. The quantitative estimate of drug-likeness (QED) is 0.784. The van der Waals surface area contributed by atoms with E-state index in [0.29, 0.717) is 10.8 Å². The third-order valence-electron chi connectivity index (χ3n) is 3.25. The first-order valence-electron chi connectivity index (χ1n) is 6.42. The predicted molar refractivity (Wildman–Crippen MR) is 87.9 cm³/mol. The highest BCUT2D eigenvalue weighted by molar-refractivity contribution is 9.10. The first-order valence-corrected chi connectivity index (χ1v) is 7.59. The van der Waals surface area contributed by atoms with Crippen LogP contribution in [0.5, 0.6) is 11.5 Å². The first kappa shape index (κ1) is 15.4. The molecule has 2 aromatic rings. The van der Waals surface area contributed by atoms with Crippen LogP contribution in [0.15, 0.2) is 40.9 Å². The Labute approximate surface area is 133 Å². The second kappa shape index (κ2) is 6.61. The average Bonchev–Trinajstić information content (AvgIpc) is 2.44. The largest absolute Gasteiger partial charge is 0.456 e. The van der Waals surface area contributed by atoms with Crippen LogP contribution in [-0.4, -0.2) is 7.05 Å². The number of benzene rings is 2. The van der Waals surface area contributed by atoms with E-state index in [2.05, 4.69) is 28.2 Å². The number of nitrogens with one attached hydrogen (secondary N) is 1. The molecule has 20 heavy (non-hydrogen) atoms. The van der Waals surface area contributed by atoms with E-state index >= 15 is 0 Å². The van der Waals surface area contributed by atoms with Gasteiger partial charge >= 0.3 is 0 Å². The summed E-state index contributed by atoms with van der Waals surface area (Å²) in [5.74, 6) is 1.45. The molecule has 4 heteroatoms. The average molecular weight is 355 g/mol. The van der Waals surface area contributed by atoms with E-state index in [1.54, 1.807) is 0 Å². The van der Waals surface area contributed by atoms with Gasteiger partial charge in [-0.3, -0.25) is 0 Å². The van der Waals surface area contributed by atoms with Crippen LogP contribution in [0.25, 0.3) is 0 Å². The van der Waals surface area contributed by atoms with Gasteiger partial charge in [-0.05, 0) is 62.4 Å². The summed E-state index contributed by atoms with van der Waals surface area (Å²) in [5, 5.41) is 3.80. The van der Waals surface area contributed by atoms with Crippen molar-refractivity contribution in [2.24, 2.45) is 0 Å². The molecule has 0 bridgehead atoms. The van der Waals surface area contributed by atoms with E-state index in [0.717, 1.165) is 21.3 Å². The molecular weight excluding hydrogens is 338 g/mol. The highest BCUT2D eigenvalue weighted by Gasteiger charge is 2.08. The monoisotopic (exact) mass is 353 g/mol. The van der Waals surface area contributed by atoms with Crippen LogP contribution in [0.2, 0.25) is 5.02 Å². The molecule has 0 spiro atoms. The van der Waals surface area contributed by atoms with E-state index in [4.69, 9.17) is 16.3 Å². The van der Waals surface area contributed by atoms with Crippen LogP contribution in [0, 0.1) is 6.92 Å². The van der Waals surface area contributed by atoms with Gasteiger partial charge in [0, 0.05) is 10.5 Å². The lowest BCUT2D eigenvalue weighted by molar-refractivity contribution is 0.482. The van der Waals surface area contributed by atoms with Gasteiger partial charge in [-0.1, -0.05) is 33.6 Å². The molecule has 0 aliphatic carbocycles. The Balaban J connectivity index is 2.23. The number of halogens is 2. The molecule has 0 aliphatic heterocycles. The number of ether oxygens (including phenoxy) is 1. The van der Waals surface area contributed by atoms with Crippen LogP contribution >= 0.6 is 27.5 Å². The van der Waals surface area contributed by atoms with Crippen molar-refractivity contribution in [3.8, 4) is 11.5 Å². The summed E-state index contributed by atoms with van der Waals surface area (Å²) >= 11 is 9.76. The first-order chi connectivity index (χ1) is 9.51. The minimum absolute atomic E-state index is 0.261. The van der Waals surface area contributed by atoms with E-state index in [1.165, 1.54) is 0 Å². The predicted octanol–water partition coefficient (Wildman–Crippen LogP) is 5.48. The van der Waals surface area contributed by atoms with Gasteiger partial charge in [-0.2, -0.15) is 0 Å². The van der Waals surface area contributed by atoms with Crippen LogP contribution in [0.4, 0.5) is 0 Å². The minimum atomic E-state index is 0.261. The van der Waals surface area contributed by atoms with Crippen LogP contribution < -0.4 is 10.1 Å². The van der Waals surface area contributed by atoms with E-state index in [9.17, 15) is 0 Å². The van der Waals surface area contributed by atoms with Gasteiger partial charge in [0.2, 0.25) is 0 Å². The Bertz CT molecular complexity index is 615. The van der Waals surface area contributed by atoms with Crippen molar-refractivity contribution in [1.29, 1.82) is 0 Å². The Hall–Kier alpha value is -1.03. The van der Waals surface area contributed by atoms with Gasteiger partial charge in [-0.25, -0.2) is 0 Å². The molecule has 0 radical (unpaired) electrons. The van der Waals surface area contributed by atoms with Crippen molar-refractivity contribution < 1.29 is 4.74 Å². The summed E-state index contributed by atoms with van der Waals surface area (Å²) in [6, 6.07) is 12.0. The van der Waals surface area contributed by atoms with Gasteiger partial charge in [0.15, 0.2) is 0 Å².